The maximum atomic E-state index is 13.1. The first kappa shape index (κ1) is 24.2. The first-order valence-corrected chi connectivity index (χ1v) is 12.1. The average Bonchev–Trinajstić information content (AvgIpc) is 2.76. The average molecular weight is 470 g/mol. The first-order valence-electron chi connectivity index (χ1n) is 8.95. The van der Waals surface area contributed by atoms with Crippen molar-refractivity contribution in [3.05, 3.63) is 48.0 Å². The fourth-order valence-electron chi connectivity index (χ4n) is 2.58. The lowest BCUT2D eigenvalue weighted by molar-refractivity contribution is -0.134. The molecule has 0 aliphatic rings. The lowest BCUT2D eigenvalue weighted by Crippen LogP contribution is -2.15. The van der Waals surface area contributed by atoms with Gasteiger partial charge in [-0.05, 0) is 48.0 Å². The zero-order valence-electron chi connectivity index (χ0n) is 17.4. The van der Waals surface area contributed by atoms with Crippen LogP contribution in [0.3, 0.4) is 0 Å². The molecular weight excluding hydrogens is 446 g/mol. The Morgan fingerprint density at radius 3 is 2.16 bits per heavy atom. The number of sulfonamides is 1. The summed E-state index contributed by atoms with van der Waals surface area (Å²) in [6, 6.07) is 8.16. The van der Waals surface area contributed by atoms with E-state index in [1.807, 2.05) is 0 Å². The summed E-state index contributed by atoms with van der Waals surface area (Å²) in [5, 5.41) is 0. The second-order valence-electron chi connectivity index (χ2n) is 6.14. The molecule has 0 aromatic heterocycles. The van der Waals surface area contributed by atoms with Crippen LogP contribution in [0.15, 0.2) is 52.3 Å². The Morgan fingerprint density at radius 1 is 1.00 bits per heavy atom. The van der Waals surface area contributed by atoms with E-state index in [4.69, 9.17) is 9.47 Å². The first-order chi connectivity index (χ1) is 14.6. The molecule has 0 spiro atoms. The van der Waals surface area contributed by atoms with Gasteiger partial charge in [-0.1, -0.05) is 6.92 Å². The van der Waals surface area contributed by atoms with Gasteiger partial charge in [-0.25, -0.2) is 21.6 Å². The topological polar surface area (TPSA) is 125 Å². The number of hydrogen-bond acceptors (Lipinski definition) is 8. The zero-order chi connectivity index (χ0) is 23.2. The number of esters is 1. The molecule has 0 saturated heterocycles. The number of anilines is 1. The molecule has 11 heteroatoms. The number of nitrogens with one attached hydrogen (secondary N) is 1. The minimum atomic E-state index is -4.16. The minimum Gasteiger partial charge on any atom is -0.493 e. The van der Waals surface area contributed by atoms with Gasteiger partial charge in [-0.3, -0.25) is 4.72 Å². The highest BCUT2D eigenvalue weighted by Gasteiger charge is 2.24. The van der Waals surface area contributed by atoms with Crippen molar-refractivity contribution in [2.75, 3.05) is 31.8 Å². The molecule has 1 N–H and O–H groups in total. The van der Waals surface area contributed by atoms with Crippen molar-refractivity contribution < 1.29 is 35.8 Å². The quantitative estimate of drug-likeness (QED) is 0.439. The summed E-state index contributed by atoms with van der Waals surface area (Å²) in [5.74, 6) is -0.574. The molecule has 0 aliphatic carbocycles. The largest absolute Gasteiger partial charge is 0.493 e. The Balaban J connectivity index is 2.49. The number of benzene rings is 2. The Bertz CT molecular complexity index is 1180. The number of sulfone groups is 1. The number of hydrogen-bond donors (Lipinski definition) is 1. The van der Waals surface area contributed by atoms with Crippen molar-refractivity contribution in [3.8, 4) is 11.5 Å². The molecular formula is C20H23NO8S2. The van der Waals surface area contributed by atoms with E-state index >= 15 is 0 Å². The SMILES string of the molecule is CCS(=O)(=O)c1ccc(NS(=O)(=O)c2cc(/C=C/C(=O)OC)cc(OC)c2OC)cc1. The van der Waals surface area contributed by atoms with Crippen LogP contribution in [-0.4, -0.2) is 49.9 Å². The molecule has 9 nitrogen and oxygen atoms in total. The predicted molar refractivity (Wildman–Crippen MR) is 116 cm³/mol. The highest BCUT2D eigenvalue weighted by molar-refractivity contribution is 7.93. The van der Waals surface area contributed by atoms with Crippen molar-refractivity contribution in [1.29, 1.82) is 0 Å². The van der Waals surface area contributed by atoms with Crippen LogP contribution in [0, 0.1) is 0 Å². The smallest absolute Gasteiger partial charge is 0.330 e. The van der Waals surface area contributed by atoms with Crippen LogP contribution in [0.4, 0.5) is 5.69 Å². The van der Waals surface area contributed by atoms with Crippen molar-refractivity contribution in [2.45, 2.75) is 16.7 Å². The Kier molecular flexibility index (Phi) is 7.69. The zero-order valence-corrected chi connectivity index (χ0v) is 19.0. The van der Waals surface area contributed by atoms with Gasteiger partial charge in [-0.2, -0.15) is 0 Å². The monoisotopic (exact) mass is 469 g/mol. The molecule has 0 bridgehead atoms. The van der Waals surface area contributed by atoms with Gasteiger partial charge in [0.25, 0.3) is 10.0 Å². The van der Waals surface area contributed by atoms with Crippen molar-refractivity contribution in [3.63, 3.8) is 0 Å². The molecule has 0 unspecified atom stereocenters. The van der Waals surface area contributed by atoms with Crippen LogP contribution in [-0.2, 0) is 29.4 Å². The van der Waals surface area contributed by atoms with Crippen molar-refractivity contribution in [2.24, 2.45) is 0 Å². The number of ether oxygens (including phenoxy) is 3. The second-order valence-corrected chi connectivity index (χ2v) is 10.1. The third-order valence-corrected chi connectivity index (χ3v) is 7.35. The summed E-state index contributed by atoms with van der Waals surface area (Å²) in [5.41, 5.74) is 0.513. The third-order valence-electron chi connectivity index (χ3n) is 4.22. The fraction of sp³-hybridized carbons (Fsp3) is 0.250. The van der Waals surface area contributed by atoms with Gasteiger partial charge in [-0.15, -0.1) is 0 Å². The Labute approximate surface area is 181 Å². The molecule has 0 radical (unpaired) electrons. The highest BCUT2D eigenvalue weighted by atomic mass is 32.2. The van der Waals surface area contributed by atoms with Gasteiger partial charge in [0.1, 0.15) is 4.90 Å². The minimum absolute atomic E-state index is 0.0320. The normalized spacial score (nSPS) is 11.9. The molecule has 0 saturated carbocycles. The molecule has 0 amide bonds. The molecule has 168 valence electrons. The van der Waals surface area contributed by atoms with E-state index in [0.717, 1.165) is 6.08 Å². The number of methoxy groups -OCH3 is 3. The summed E-state index contributed by atoms with van der Waals surface area (Å²) in [6.07, 6.45) is 2.51. The molecule has 0 heterocycles. The molecule has 2 aromatic rings. The van der Waals surface area contributed by atoms with E-state index in [-0.39, 0.29) is 32.7 Å². The maximum absolute atomic E-state index is 13.1. The molecule has 2 rings (SSSR count). The van der Waals surface area contributed by atoms with Crippen molar-refractivity contribution >= 4 is 37.6 Å². The van der Waals surface area contributed by atoms with Gasteiger partial charge < -0.3 is 14.2 Å². The number of rotatable bonds is 9. The maximum Gasteiger partial charge on any atom is 0.330 e. The van der Waals surface area contributed by atoms with E-state index < -0.39 is 25.8 Å². The summed E-state index contributed by atoms with van der Waals surface area (Å²) >= 11 is 0. The second kappa shape index (κ2) is 9.84. The van der Waals surface area contributed by atoms with Gasteiger partial charge >= 0.3 is 5.97 Å². The Hall–Kier alpha value is -3.05. The van der Waals surface area contributed by atoms with E-state index in [2.05, 4.69) is 9.46 Å². The Morgan fingerprint density at radius 2 is 1.65 bits per heavy atom. The van der Waals surface area contributed by atoms with Crippen LogP contribution < -0.4 is 14.2 Å². The summed E-state index contributed by atoms with van der Waals surface area (Å²) in [6.45, 7) is 1.52. The van der Waals surface area contributed by atoms with Gasteiger partial charge in [0, 0.05) is 11.8 Å². The number of carbonyl (C=O) groups is 1. The fourth-order valence-corrected chi connectivity index (χ4v) is 4.74. The predicted octanol–water partition coefficient (Wildman–Crippen LogP) is 2.48. The third kappa shape index (κ3) is 5.76. The van der Waals surface area contributed by atoms with E-state index in [1.54, 1.807) is 0 Å². The summed E-state index contributed by atoms with van der Waals surface area (Å²) in [4.78, 5) is 11.2. The van der Waals surface area contributed by atoms with Crippen molar-refractivity contribution in [1.82, 2.24) is 0 Å². The van der Waals surface area contributed by atoms with Crippen LogP contribution in [0.5, 0.6) is 11.5 Å². The molecule has 31 heavy (non-hydrogen) atoms. The number of carbonyl (C=O) groups excluding carboxylic acids is 1. The van der Waals surface area contributed by atoms with Crippen LogP contribution in [0.25, 0.3) is 6.08 Å². The summed E-state index contributed by atoms with van der Waals surface area (Å²) in [7, 11) is -3.71. The van der Waals surface area contributed by atoms with Gasteiger partial charge in [0.2, 0.25) is 0 Å². The van der Waals surface area contributed by atoms with E-state index in [0.29, 0.717) is 5.56 Å². The van der Waals surface area contributed by atoms with Gasteiger partial charge in [0.15, 0.2) is 21.3 Å². The standard InChI is InChI=1S/C20H23NO8S2/c1-5-30(23,24)16-9-7-15(8-10-16)21-31(25,26)18-13-14(6-11-19(22)28-3)12-17(27-2)20(18)29-4/h6-13,21H,5H2,1-4H3/b11-6+. The van der Waals surface area contributed by atoms with Crippen LogP contribution >= 0.6 is 0 Å². The molecule has 0 fully saturated rings. The van der Waals surface area contributed by atoms with E-state index in [1.165, 1.54) is 70.7 Å². The van der Waals surface area contributed by atoms with Gasteiger partial charge in [0.05, 0.1) is 32.0 Å². The molecule has 0 aliphatic heterocycles. The molecule has 2 aromatic carbocycles. The summed E-state index contributed by atoms with van der Waals surface area (Å²) < 4.78 is 67.4. The lowest BCUT2D eigenvalue weighted by atomic mass is 10.2. The lowest BCUT2D eigenvalue weighted by Gasteiger charge is -2.15. The van der Waals surface area contributed by atoms with E-state index in [9.17, 15) is 21.6 Å². The highest BCUT2D eigenvalue weighted by Crippen LogP contribution is 2.37. The molecule has 0 atom stereocenters. The van der Waals surface area contributed by atoms with Crippen LogP contribution in [0.1, 0.15) is 12.5 Å². The van der Waals surface area contributed by atoms with Crippen LogP contribution in [0.2, 0.25) is 0 Å².